The first-order valence-electron chi connectivity index (χ1n) is 16.8. The van der Waals surface area contributed by atoms with Crippen LogP contribution in [0.3, 0.4) is 0 Å². The number of aryl methyl sites for hydroxylation is 2. The van der Waals surface area contributed by atoms with Gasteiger partial charge in [0, 0.05) is 56.7 Å². The number of hydrogen-bond donors (Lipinski definition) is 3. The number of nitrogens with zero attached hydrogens (tertiary/aromatic N) is 5. The lowest BCUT2D eigenvalue weighted by Crippen LogP contribution is -2.35. The van der Waals surface area contributed by atoms with Gasteiger partial charge < -0.3 is 39.5 Å². The first-order valence-corrected chi connectivity index (χ1v) is 16.8. The van der Waals surface area contributed by atoms with Crippen molar-refractivity contribution in [2.24, 2.45) is 19.1 Å². The average molecular weight is 703 g/mol. The van der Waals surface area contributed by atoms with E-state index in [1.54, 1.807) is 64.9 Å². The van der Waals surface area contributed by atoms with Crippen LogP contribution in [-0.4, -0.2) is 69.3 Å². The van der Waals surface area contributed by atoms with Crippen LogP contribution in [0.2, 0.25) is 0 Å². The molecule has 2 aromatic heterocycles. The Kier molecular flexibility index (Phi) is 10.1. The highest BCUT2D eigenvalue weighted by Gasteiger charge is 2.34. The van der Waals surface area contributed by atoms with E-state index < -0.39 is 5.91 Å². The van der Waals surface area contributed by atoms with E-state index in [0.29, 0.717) is 83.7 Å². The van der Waals surface area contributed by atoms with E-state index in [1.807, 2.05) is 31.2 Å². The van der Waals surface area contributed by atoms with Crippen molar-refractivity contribution in [3.63, 3.8) is 0 Å². The second kappa shape index (κ2) is 14.9. The molecular weight excluding hydrogens is 660 g/mol. The third-order valence-electron chi connectivity index (χ3n) is 8.85. The smallest absolute Gasteiger partial charge is 0.291 e. The molecular formula is C39H42N8O5. The van der Waals surface area contributed by atoms with Crippen molar-refractivity contribution in [2.45, 2.75) is 32.2 Å². The second-order valence-corrected chi connectivity index (χ2v) is 13.0. The van der Waals surface area contributed by atoms with Crippen LogP contribution in [-0.2, 0) is 14.1 Å². The molecule has 0 bridgehead atoms. The van der Waals surface area contributed by atoms with Crippen molar-refractivity contribution in [2.75, 3.05) is 36.2 Å². The monoisotopic (exact) mass is 702 g/mol. The molecule has 6 rings (SSSR count). The molecule has 13 heteroatoms. The number of rotatable bonds is 13. The summed E-state index contributed by atoms with van der Waals surface area (Å²) in [6.45, 7) is 14.9. The Morgan fingerprint density at radius 1 is 0.962 bits per heavy atom. The lowest BCUT2D eigenvalue weighted by atomic mass is 10.1. The van der Waals surface area contributed by atoms with Gasteiger partial charge in [-0.2, -0.15) is 0 Å². The van der Waals surface area contributed by atoms with E-state index in [-0.39, 0.29) is 23.7 Å². The Morgan fingerprint density at radius 3 is 2.44 bits per heavy atom. The summed E-state index contributed by atoms with van der Waals surface area (Å²) in [7, 11) is 4.99. The molecule has 0 radical (unpaired) electrons. The number of benzene rings is 2. The molecule has 1 fully saturated rings. The third kappa shape index (κ3) is 7.68. The minimum atomic E-state index is -0.436. The van der Waals surface area contributed by atoms with Gasteiger partial charge in [-0.3, -0.25) is 19.4 Å². The van der Waals surface area contributed by atoms with Gasteiger partial charge in [0.25, 0.3) is 17.7 Å². The number of aliphatic imine (C=N–C) groups is 1. The van der Waals surface area contributed by atoms with E-state index in [2.05, 4.69) is 45.7 Å². The van der Waals surface area contributed by atoms with Crippen LogP contribution < -0.4 is 25.4 Å². The van der Waals surface area contributed by atoms with E-state index in [9.17, 15) is 14.4 Å². The predicted molar refractivity (Wildman–Crippen MR) is 203 cm³/mol. The van der Waals surface area contributed by atoms with Gasteiger partial charge >= 0.3 is 0 Å². The Morgan fingerprint density at radius 2 is 1.71 bits per heavy atom. The number of carbonyl (C=O) groups excluding carboxylic acids is 3. The first-order chi connectivity index (χ1) is 24.9. The molecule has 0 spiro atoms. The molecule has 52 heavy (non-hydrogen) atoms. The zero-order valence-corrected chi connectivity index (χ0v) is 29.8. The topological polar surface area (TPSA) is 144 Å². The molecule has 1 atom stereocenters. The largest absolute Gasteiger partial charge is 0.493 e. The lowest BCUT2D eigenvalue weighted by molar-refractivity contribution is 0.0777. The van der Waals surface area contributed by atoms with Crippen LogP contribution in [0.1, 0.15) is 63.2 Å². The van der Waals surface area contributed by atoms with Crippen molar-refractivity contribution < 1.29 is 23.9 Å². The summed E-state index contributed by atoms with van der Waals surface area (Å²) in [6.07, 6.45) is 7.05. The van der Waals surface area contributed by atoms with Crippen LogP contribution in [0.25, 0.3) is 5.57 Å². The van der Waals surface area contributed by atoms with Crippen molar-refractivity contribution in [1.82, 2.24) is 19.0 Å². The van der Waals surface area contributed by atoms with Gasteiger partial charge in [-0.05, 0) is 56.0 Å². The highest BCUT2D eigenvalue weighted by molar-refractivity contribution is 6.06. The van der Waals surface area contributed by atoms with E-state index in [4.69, 9.17) is 9.47 Å². The van der Waals surface area contributed by atoms with Crippen LogP contribution in [0.4, 0.5) is 22.9 Å². The van der Waals surface area contributed by atoms with Crippen LogP contribution in [0, 0.1) is 0 Å². The summed E-state index contributed by atoms with van der Waals surface area (Å²) in [6, 6.07) is 12.4. The molecule has 0 saturated carbocycles. The van der Waals surface area contributed by atoms with Gasteiger partial charge in [-0.1, -0.05) is 43.0 Å². The maximum Gasteiger partial charge on any atom is 0.291 e. The average Bonchev–Trinajstić information content (AvgIpc) is 3.77. The molecule has 13 nitrogen and oxygen atoms in total. The highest BCUT2D eigenvalue weighted by atomic mass is 16.5. The first kappa shape index (κ1) is 35.5. The van der Waals surface area contributed by atoms with E-state index in [1.165, 1.54) is 7.11 Å². The van der Waals surface area contributed by atoms with Crippen LogP contribution >= 0.6 is 0 Å². The molecule has 2 aliphatic heterocycles. The van der Waals surface area contributed by atoms with Crippen molar-refractivity contribution >= 4 is 52.4 Å². The second-order valence-electron chi connectivity index (χ2n) is 13.0. The van der Waals surface area contributed by atoms with Gasteiger partial charge in [0.2, 0.25) is 5.82 Å². The molecule has 4 aromatic rings. The summed E-state index contributed by atoms with van der Waals surface area (Å²) in [4.78, 5) is 50.2. The fourth-order valence-electron chi connectivity index (χ4n) is 6.13. The highest BCUT2D eigenvalue weighted by Crippen LogP contribution is 2.38. The van der Waals surface area contributed by atoms with Gasteiger partial charge in [0.05, 0.1) is 36.7 Å². The molecule has 4 heterocycles. The minimum Gasteiger partial charge on any atom is -0.493 e. The number of nitrogens with one attached hydrogen (secondary N) is 3. The Hall–Kier alpha value is -6.37. The fraction of sp³-hybridized carbons (Fsp3) is 0.256. The van der Waals surface area contributed by atoms with Gasteiger partial charge in [-0.15, -0.1) is 0 Å². The Bertz CT molecular complexity index is 2120. The molecule has 3 N–H and O–H groups in total. The summed E-state index contributed by atoms with van der Waals surface area (Å²) in [5.41, 5.74) is 6.11. The SMILES string of the molecule is C=C1CC2C=Nc3cc(OCCCC(=C)Nc4cn(C)c(C(=O)Nc5cc(C(=O)Nc6ccc(C(=C)C)cc6)n(C)c5)n4)c(OC)cc3C(=O)N2C1. The number of aromatic nitrogens is 3. The zero-order valence-electron chi connectivity index (χ0n) is 29.8. The molecule has 1 saturated heterocycles. The van der Waals surface area contributed by atoms with Crippen molar-refractivity contribution in [3.8, 4) is 11.5 Å². The summed E-state index contributed by atoms with van der Waals surface area (Å²) >= 11 is 0. The summed E-state index contributed by atoms with van der Waals surface area (Å²) in [5.74, 6) is 0.736. The molecule has 3 amide bonds. The molecule has 268 valence electrons. The number of methoxy groups -OCH3 is 1. The van der Waals surface area contributed by atoms with Crippen LogP contribution in [0.5, 0.6) is 11.5 Å². The number of hydrogen-bond acceptors (Lipinski definition) is 8. The number of anilines is 3. The van der Waals surface area contributed by atoms with Gasteiger partial charge in [0.15, 0.2) is 11.5 Å². The van der Waals surface area contributed by atoms with Crippen LogP contribution in [0.15, 0.2) is 90.9 Å². The minimum absolute atomic E-state index is 0.0974. The summed E-state index contributed by atoms with van der Waals surface area (Å²) < 4.78 is 14.9. The third-order valence-corrected chi connectivity index (χ3v) is 8.85. The number of carbonyl (C=O) groups is 3. The lowest BCUT2D eigenvalue weighted by Gasteiger charge is -2.20. The number of amides is 3. The van der Waals surface area contributed by atoms with Gasteiger partial charge in [0.1, 0.15) is 11.5 Å². The summed E-state index contributed by atoms with van der Waals surface area (Å²) in [5, 5.41) is 8.87. The zero-order chi connectivity index (χ0) is 37.1. The number of ether oxygens (including phenoxy) is 2. The number of allylic oxidation sites excluding steroid dienone is 2. The number of fused-ring (bicyclic) bond motifs is 2. The molecule has 2 aliphatic rings. The van der Waals surface area contributed by atoms with Crippen molar-refractivity contribution in [3.05, 3.63) is 109 Å². The number of imidazole rings is 1. The van der Waals surface area contributed by atoms with Crippen molar-refractivity contribution in [1.29, 1.82) is 0 Å². The Balaban J connectivity index is 1.000. The van der Waals surface area contributed by atoms with E-state index in [0.717, 1.165) is 16.7 Å². The Labute approximate surface area is 302 Å². The van der Waals surface area contributed by atoms with Gasteiger partial charge in [-0.25, -0.2) is 4.98 Å². The maximum absolute atomic E-state index is 13.2. The standard InChI is InChI=1S/C39H42N8O5/c1-23(2)26-10-12-27(13-11-26)42-37(48)32-16-28(21-45(32)5)43-38(49)36-44-35(22-46(36)6)41-25(4)9-8-14-52-34-18-31-30(17-33(34)51-7)39(50)47-20-24(3)15-29(47)19-40-31/h10-13,16-19,21-22,29,41H,1,3-4,8-9,14-15,20H2,2,5-7H3,(H,42,48)(H,43,49). The van der Waals surface area contributed by atoms with E-state index >= 15 is 0 Å². The quantitative estimate of drug-likeness (QED) is 0.106. The molecule has 1 unspecified atom stereocenters. The normalized spacial score (nSPS) is 14.7. The fourth-order valence-corrected chi connectivity index (χ4v) is 6.13. The maximum atomic E-state index is 13.2. The predicted octanol–water partition coefficient (Wildman–Crippen LogP) is 6.58. The molecule has 2 aromatic carbocycles. The molecule has 0 aliphatic carbocycles.